The molecule has 6 N–H and O–H groups in total. The monoisotopic (exact) mass is 467 g/mol. The Morgan fingerprint density at radius 3 is 2.70 bits per heavy atom. The molecule has 190 valence electrons. The second-order valence-electron chi connectivity index (χ2n) is 11.4. The maximum absolute atomic E-state index is 11.4. The maximum atomic E-state index is 11.4. The fourth-order valence-corrected chi connectivity index (χ4v) is 8.34. The molecule has 0 amide bonds. The summed E-state index contributed by atoms with van der Waals surface area (Å²) in [5, 5.41) is 37.2. The van der Waals surface area contributed by atoms with Crippen LogP contribution in [0.2, 0.25) is 0 Å². The van der Waals surface area contributed by atoms with Gasteiger partial charge in [-0.25, -0.2) is 0 Å². The Hall–Kier alpha value is -0.320. The first-order valence-corrected chi connectivity index (χ1v) is 13.5. The average molecular weight is 468 g/mol. The van der Waals surface area contributed by atoms with Crippen LogP contribution < -0.4 is 11.1 Å². The lowest BCUT2D eigenvalue weighted by atomic mass is 9.63. The van der Waals surface area contributed by atoms with Gasteiger partial charge in [0, 0.05) is 43.1 Å². The number of fused-ring (bicyclic) bond motifs is 5. The molecule has 0 bridgehead atoms. The smallest absolute Gasteiger partial charge is 0.183 e. The van der Waals surface area contributed by atoms with E-state index in [0.29, 0.717) is 55.5 Å². The summed E-state index contributed by atoms with van der Waals surface area (Å²) in [6, 6.07) is 0.997. The van der Waals surface area contributed by atoms with Crippen molar-refractivity contribution in [1.29, 1.82) is 0 Å². The number of ether oxygens (including phenoxy) is 2. The molecule has 0 aromatic heterocycles. The molecule has 5 aliphatic rings. The molecular weight excluding hydrogens is 422 g/mol. The van der Waals surface area contributed by atoms with Crippen molar-refractivity contribution in [3.8, 4) is 0 Å². The van der Waals surface area contributed by atoms with E-state index in [0.717, 1.165) is 51.7 Å². The van der Waals surface area contributed by atoms with Crippen molar-refractivity contribution < 1.29 is 24.8 Å². The van der Waals surface area contributed by atoms with Gasteiger partial charge in [-0.3, -0.25) is 4.90 Å². The Bertz CT molecular complexity index is 684. The van der Waals surface area contributed by atoms with Crippen LogP contribution in [0.15, 0.2) is 0 Å². The summed E-state index contributed by atoms with van der Waals surface area (Å²) >= 11 is 0. The summed E-state index contributed by atoms with van der Waals surface area (Å²) in [5.74, 6) is 1.37. The number of nitrogens with zero attached hydrogens (tertiary/aromatic N) is 1. The highest BCUT2D eigenvalue weighted by atomic mass is 16.6. The third kappa shape index (κ3) is 3.99. The minimum absolute atomic E-state index is 0.160. The van der Waals surface area contributed by atoms with Crippen LogP contribution in [0.25, 0.3) is 0 Å². The molecule has 12 atom stereocenters. The van der Waals surface area contributed by atoms with Gasteiger partial charge in [0.1, 0.15) is 11.8 Å². The normalized spacial score (nSPS) is 52.0. The molecule has 8 nitrogen and oxygen atoms in total. The number of aliphatic hydroxyl groups is 3. The number of rotatable bonds is 6. The van der Waals surface area contributed by atoms with E-state index in [1.807, 2.05) is 6.92 Å². The third-order valence-corrected chi connectivity index (χ3v) is 10.1. The van der Waals surface area contributed by atoms with Gasteiger partial charge in [-0.1, -0.05) is 20.3 Å². The molecule has 12 unspecified atom stereocenters. The lowest BCUT2D eigenvalue weighted by molar-refractivity contribution is -0.308. The Morgan fingerprint density at radius 2 is 1.97 bits per heavy atom. The van der Waals surface area contributed by atoms with Crippen molar-refractivity contribution in [2.75, 3.05) is 26.3 Å². The van der Waals surface area contributed by atoms with Gasteiger partial charge >= 0.3 is 0 Å². The van der Waals surface area contributed by atoms with Crippen molar-refractivity contribution in [1.82, 2.24) is 10.2 Å². The van der Waals surface area contributed by atoms with Crippen LogP contribution in [0.5, 0.6) is 0 Å². The van der Waals surface area contributed by atoms with Crippen LogP contribution in [0.1, 0.15) is 58.8 Å². The number of nitrogens with two attached hydrogens (primary N) is 1. The molecule has 4 aliphatic heterocycles. The molecular formula is C25H45N3O5. The van der Waals surface area contributed by atoms with Gasteiger partial charge < -0.3 is 35.8 Å². The zero-order valence-electron chi connectivity index (χ0n) is 20.3. The highest BCUT2D eigenvalue weighted by Crippen LogP contribution is 2.52. The predicted molar refractivity (Wildman–Crippen MR) is 124 cm³/mol. The first kappa shape index (κ1) is 24.4. The summed E-state index contributed by atoms with van der Waals surface area (Å²) in [5.41, 5.74) is 4.35. The summed E-state index contributed by atoms with van der Waals surface area (Å²) in [7, 11) is 0. The zero-order chi connectivity index (χ0) is 23.3. The standard InChI is InChI=1S/C25H45N3O5/c1-3-15-16-10-14(32-9-5-8-26)6-7-20(16)27-22-17(15)12-28-21(22)11-19-18(23(28)29)13-33-24(30)25(19,31)4-2/h14-24,27,29-31H,3-13,26H2,1-2H3. The Balaban J connectivity index is 1.35. The quantitative estimate of drug-likeness (QED) is 0.361. The molecule has 8 heteroatoms. The van der Waals surface area contributed by atoms with E-state index in [1.165, 1.54) is 0 Å². The van der Waals surface area contributed by atoms with Gasteiger partial charge in [0.05, 0.1) is 12.7 Å². The van der Waals surface area contributed by atoms with Crippen molar-refractivity contribution in [3.63, 3.8) is 0 Å². The Morgan fingerprint density at radius 1 is 1.15 bits per heavy atom. The number of hydrogen-bond donors (Lipinski definition) is 5. The van der Waals surface area contributed by atoms with Crippen molar-refractivity contribution in [2.45, 2.75) is 101 Å². The van der Waals surface area contributed by atoms with Crippen LogP contribution in [0.4, 0.5) is 0 Å². The van der Waals surface area contributed by atoms with E-state index in [-0.39, 0.29) is 17.9 Å². The third-order valence-electron chi connectivity index (χ3n) is 10.1. The molecule has 5 rings (SSSR count). The largest absolute Gasteiger partial charge is 0.384 e. The van der Waals surface area contributed by atoms with Gasteiger partial charge in [0.2, 0.25) is 0 Å². The predicted octanol–water partition coefficient (Wildman–Crippen LogP) is 0.632. The highest BCUT2D eigenvalue weighted by molar-refractivity contribution is 5.13. The number of hydrogen-bond acceptors (Lipinski definition) is 8. The molecule has 1 saturated carbocycles. The van der Waals surface area contributed by atoms with E-state index >= 15 is 0 Å². The molecule has 1 aliphatic carbocycles. The second kappa shape index (κ2) is 9.62. The topological polar surface area (TPSA) is 120 Å². The van der Waals surface area contributed by atoms with Crippen LogP contribution in [-0.4, -0.2) is 88.9 Å². The van der Waals surface area contributed by atoms with Crippen molar-refractivity contribution in [3.05, 3.63) is 0 Å². The van der Waals surface area contributed by atoms with Crippen molar-refractivity contribution >= 4 is 0 Å². The van der Waals surface area contributed by atoms with E-state index in [2.05, 4.69) is 17.1 Å². The molecule has 4 heterocycles. The zero-order valence-corrected chi connectivity index (χ0v) is 20.3. The first-order chi connectivity index (χ1) is 15.9. The van der Waals surface area contributed by atoms with Gasteiger partial charge in [0.25, 0.3) is 0 Å². The number of piperidine rings is 2. The first-order valence-electron chi connectivity index (χ1n) is 13.5. The van der Waals surface area contributed by atoms with Gasteiger partial charge in [-0.2, -0.15) is 0 Å². The number of aliphatic hydroxyl groups excluding tert-OH is 2. The van der Waals surface area contributed by atoms with Crippen LogP contribution in [0, 0.1) is 29.6 Å². The molecule has 0 spiro atoms. The lowest BCUT2D eigenvalue weighted by Crippen LogP contribution is -2.68. The fourth-order valence-electron chi connectivity index (χ4n) is 8.34. The average Bonchev–Trinajstić information content (AvgIpc) is 3.19. The minimum atomic E-state index is -1.30. The number of nitrogens with one attached hydrogen (secondary N) is 1. The summed E-state index contributed by atoms with van der Waals surface area (Å²) in [6.07, 6.45) is 5.12. The molecule has 0 aromatic rings. The van der Waals surface area contributed by atoms with Gasteiger partial charge in [-0.15, -0.1) is 0 Å². The fraction of sp³-hybridized carbons (Fsp3) is 1.00. The maximum Gasteiger partial charge on any atom is 0.183 e. The molecule has 4 saturated heterocycles. The van der Waals surface area contributed by atoms with Crippen LogP contribution in [0.3, 0.4) is 0 Å². The minimum Gasteiger partial charge on any atom is -0.384 e. The molecule has 5 fully saturated rings. The molecule has 0 radical (unpaired) electrons. The van der Waals surface area contributed by atoms with Crippen LogP contribution in [-0.2, 0) is 9.47 Å². The summed E-state index contributed by atoms with van der Waals surface area (Å²) in [4.78, 5) is 2.29. The lowest BCUT2D eigenvalue weighted by Gasteiger charge is -2.55. The summed E-state index contributed by atoms with van der Waals surface area (Å²) < 4.78 is 11.7. The molecule has 0 aromatic carbocycles. The SMILES string of the molecule is CCC1C2CC(OCCCN)CCC2NC2C1CN1C(O)C3COC(O)C(O)(CC)C3CC21. The van der Waals surface area contributed by atoms with Gasteiger partial charge in [0.15, 0.2) is 6.29 Å². The van der Waals surface area contributed by atoms with E-state index in [4.69, 9.17) is 15.2 Å². The highest BCUT2D eigenvalue weighted by Gasteiger charge is 2.62. The Kier molecular flexibility index (Phi) is 7.11. The van der Waals surface area contributed by atoms with E-state index in [1.54, 1.807) is 0 Å². The summed E-state index contributed by atoms with van der Waals surface area (Å²) in [6.45, 7) is 6.84. The Labute approximate surface area is 198 Å². The second-order valence-corrected chi connectivity index (χ2v) is 11.4. The van der Waals surface area contributed by atoms with E-state index < -0.39 is 18.1 Å². The van der Waals surface area contributed by atoms with Crippen LogP contribution >= 0.6 is 0 Å². The van der Waals surface area contributed by atoms with Gasteiger partial charge in [-0.05, 0) is 62.8 Å². The van der Waals surface area contributed by atoms with Crippen molar-refractivity contribution in [2.24, 2.45) is 35.3 Å². The molecule has 33 heavy (non-hydrogen) atoms. The van der Waals surface area contributed by atoms with E-state index in [9.17, 15) is 15.3 Å².